The van der Waals surface area contributed by atoms with Crippen molar-refractivity contribution in [1.82, 2.24) is 29.1 Å². The van der Waals surface area contributed by atoms with Crippen molar-refractivity contribution in [2.45, 2.75) is 12.3 Å². The van der Waals surface area contributed by atoms with Gasteiger partial charge in [-0.25, -0.2) is 15.0 Å². The average Bonchev–Trinajstić information content (AvgIpc) is 3.87. The van der Waals surface area contributed by atoms with Gasteiger partial charge in [-0.2, -0.15) is 0 Å². The molecule has 292 valence electrons. The van der Waals surface area contributed by atoms with Gasteiger partial charge in [-0.15, -0.1) is 0 Å². The van der Waals surface area contributed by atoms with E-state index in [4.69, 9.17) is 19.9 Å². The fourth-order valence-corrected chi connectivity index (χ4v) is 9.25. The van der Waals surface area contributed by atoms with Gasteiger partial charge in [-0.3, -0.25) is 4.98 Å². The average molecular weight is 795 g/mol. The molecule has 7 aromatic carbocycles. The largest absolute Gasteiger partial charge is 0.313 e. The molecule has 62 heavy (non-hydrogen) atoms. The van der Waals surface area contributed by atoms with Crippen molar-refractivity contribution in [3.8, 4) is 51.1 Å². The first-order chi connectivity index (χ1) is 30.7. The van der Waals surface area contributed by atoms with Crippen molar-refractivity contribution in [3.63, 3.8) is 0 Å². The predicted molar refractivity (Wildman–Crippen MR) is 254 cm³/mol. The van der Waals surface area contributed by atoms with Crippen LogP contribution in [0.15, 0.2) is 212 Å². The number of para-hydroxylation sites is 3. The molecule has 6 nitrogen and oxygen atoms in total. The highest BCUT2D eigenvalue weighted by molar-refractivity contribution is 6.11. The molecule has 0 fully saturated rings. The SMILES string of the molecule is C1=CC(c2ccc3c(c2)c2ccccc2n3-c2ccccc2)CC(n2c3ccccc3c3ccc(-c4ccnc(-c5nc(-c6ccccc6)nc(-c6ccccc6)n5)c4)cc32)=C1. The maximum atomic E-state index is 4.96. The minimum atomic E-state index is 0.210. The van der Waals surface area contributed by atoms with Gasteiger partial charge in [0.1, 0.15) is 5.69 Å². The van der Waals surface area contributed by atoms with Gasteiger partial charge in [0.05, 0.1) is 22.1 Å². The summed E-state index contributed by atoms with van der Waals surface area (Å²) in [4.78, 5) is 19.6. The van der Waals surface area contributed by atoms with Crippen LogP contribution in [0, 0.1) is 0 Å². The molecule has 1 atom stereocenters. The molecule has 1 aliphatic rings. The second-order valence-corrected chi connectivity index (χ2v) is 15.9. The van der Waals surface area contributed by atoms with Gasteiger partial charge in [0.2, 0.25) is 0 Å². The Kier molecular flexibility index (Phi) is 8.52. The molecule has 6 heteroatoms. The van der Waals surface area contributed by atoms with E-state index in [-0.39, 0.29) is 5.92 Å². The zero-order valence-electron chi connectivity index (χ0n) is 33.7. The van der Waals surface area contributed by atoms with Crippen LogP contribution in [0.4, 0.5) is 0 Å². The molecule has 0 saturated heterocycles. The lowest BCUT2D eigenvalue weighted by molar-refractivity contribution is 0.838. The summed E-state index contributed by atoms with van der Waals surface area (Å²) < 4.78 is 4.85. The van der Waals surface area contributed by atoms with Crippen LogP contribution in [-0.2, 0) is 0 Å². The molecule has 0 N–H and O–H groups in total. The summed E-state index contributed by atoms with van der Waals surface area (Å²) in [7, 11) is 0. The maximum Gasteiger partial charge on any atom is 0.182 e. The van der Waals surface area contributed by atoms with Crippen molar-refractivity contribution < 1.29 is 0 Å². The van der Waals surface area contributed by atoms with E-state index in [2.05, 4.69) is 155 Å². The Balaban J connectivity index is 0.932. The van der Waals surface area contributed by atoms with Gasteiger partial charge < -0.3 is 9.13 Å². The fraction of sp³-hybridized carbons (Fsp3) is 0.0357. The fourth-order valence-electron chi connectivity index (χ4n) is 9.25. The Bertz CT molecular complexity index is 3490. The molecule has 0 amide bonds. The first kappa shape index (κ1) is 35.7. The number of aromatic nitrogens is 6. The number of rotatable bonds is 7. The highest BCUT2D eigenvalue weighted by Crippen LogP contribution is 2.41. The molecule has 4 heterocycles. The molecule has 0 bridgehead atoms. The quantitative estimate of drug-likeness (QED) is 0.161. The molecular formula is C56H38N6. The van der Waals surface area contributed by atoms with E-state index >= 15 is 0 Å². The van der Waals surface area contributed by atoms with Gasteiger partial charge in [0.15, 0.2) is 17.5 Å². The lowest BCUT2D eigenvalue weighted by Gasteiger charge is -2.22. The zero-order valence-corrected chi connectivity index (χ0v) is 33.7. The first-order valence-corrected chi connectivity index (χ1v) is 21.1. The van der Waals surface area contributed by atoms with Crippen LogP contribution in [0.25, 0.3) is 100 Å². The third-order valence-corrected chi connectivity index (χ3v) is 12.2. The molecule has 1 aliphatic carbocycles. The third kappa shape index (κ3) is 6.11. The van der Waals surface area contributed by atoms with Crippen LogP contribution in [0.5, 0.6) is 0 Å². The molecule has 12 rings (SSSR count). The van der Waals surface area contributed by atoms with E-state index in [0.29, 0.717) is 23.2 Å². The summed E-state index contributed by atoms with van der Waals surface area (Å²) in [6.07, 6.45) is 9.60. The standard InChI is InChI=1S/C56H38N6/c1-4-15-37(16-5-1)54-58-55(38-17-6-2-7-18-38)60-56(59-54)49-35-42(31-32-57-49)41-27-29-47-45-23-10-12-25-50(45)62(53(47)36-41)44-22-14-19-39(33-44)40-28-30-52-48(34-40)46-24-11-13-26-51(46)61(52)43-20-8-3-9-21-43/h1-32,34-36,39H,33H2. The van der Waals surface area contributed by atoms with Gasteiger partial charge in [0.25, 0.3) is 0 Å². The first-order valence-electron chi connectivity index (χ1n) is 21.1. The number of fused-ring (bicyclic) bond motifs is 6. The number of hydrogen-bond acceptors (Lipinski definition) is 4. The van der Waals surface area contributed by atoms with E-state index < -0.39 is 0 Å². The maximum absolute atomic E-state index is 4.96. The highest BCUT2D eigenvalue weighted by atomic mass is 15.0. The monoisotopic (exact) mass is 794 g/mol. The predicted octanol–water partition coefficient (Wildman–Crippen LogP) is 13.7. The molecule has 0 radical (unpaired) electrons. The second kappa shape index (κ2) is 14.8. The topological polar surface area (TPSA) is 61.4 Å². The number of allylic oxidation sites excluding steroid dienone is 4. The van der Waals surface area contributed by atoms with E-state index in [1.165, 1.54) is 60.6 Å². The molecule has 0 aliphatic heterocycles. The number of benzene rings is 7. The van der Waals surface area contributed by atoms with Crippen molar-refractivity contribution in [2.24, 2.45) is 0 Å². The molecule has 11 aromatic rings. The number of hydrogen-bond donors (Lipinski definition) is 0. The molecular weight excluding hydrogens is 757 g/mol. The molecule has 4 aromatic heterocycles. The van der Waals surface area contributed by atoms with E-state index in [1.807, 2.05) is 66.9 Å². The van der Waals surface area contributed by atoms with Crippen molar-refractivity contribution in [1.29, 1.82) is 0 Å². The Morgan fingerprint density at radius 2 is 1.00 bits per heavy atom. The normalized spacial score (nSPS) is 13.9. The lowest BCUT2D eigenvalue weighted by Crippen LogP contribution is -2.06. The lowest BCUT2D eigenvalue weighted by atomic mass is 9.89. The Morgan fingerprint density at radius 3 is 1.73 bits per heavy atom. The van der Waals surface area contributed by atoms with E-state index in [0.717, 1.165) is 28.7 Å². The molecule has 0 spiro atoms. The molecule has 1 unspecified atom stereocenters. The Morgan fingerprint density at radius 1 is 0.419 bits per heavy atom. The summed E-state index contributed by atoms with van der Waals surface area (Å²) in [5.41, 5.74) is 13.2. The van der Waals surface area contributed by atoms with Crippen LogP contribution < -0.4 is 0 Å². The second-order valence-electron chi connectivity index (χ2n) is 15.9. The van der Waals surface area contributed by atoms with Crippen molar-refractivity contribution >= 4 is 49.3 Å². The smallest absolute Gasteiger partial charge is 0.182 e. The summed E-state index contributed by atoms with van der Waals surface area (Å²) in [5, 5.41) is 4.99. The Hall–Kier alpha value is -8.22. The van der Waals surface area contributed by atoms with Crippen LogP contribution in [0.1, 0.15) is 17.9 Å². The van der Waals surface area contributed by atoms with Crippen LogP contribution in [0.2, 0.25) is 0 Å². The van der Waals surface area contributed by atoms with E-state index in [1.54, 1.807) is 0 Å². The summed E-state index contributed by atoms with van der Waals surface area (Å²) in [6.45, 7) is 0. The number of pyridine rings is 1. The zero-order chi connectivity index (χ0) is 41.0. The summed E-state index contributed by atoms with van der Waals surface area (Å²) in [5.74, 6) is 1.96. The molecule has 0 saturated carbocycles. The summed E-state index contributed by atoms with van der Waals surface area (Å²) >= 11 is 0. The van der Waals surface area contributed by atoms with Crippen molar-refractivity contribution in [3.05, 3.63) is 218 Å². The van der Waals surface area contributed by atoms with Gasteiger partial charge in [-0.05, 0) is 83.8 Å². The van der Waals surface area contributed by atoms with Gasteiger partial charge in [0, 0.05) is 56.2 Å². The Labute approximate surface area is 358 Å². The van der Waals surface area contributed by atoms with Crippen LogP contribution in [0.3, 0.4) is 0 Å². The number of nitrogens with zero attached hydrogens (tertiary/aromatic N) is 6. The van der Waals surface area contributed by atoms with Crippen LogP contribution >= 0.6 is 0 Å². The highest BCUT2D eigenvalue weighted by Gasteiger charge is 2.22. The minimum absolute atomic E-state index is 0.210. The van der Waals surface area contributed by atoms with Crippen molar-refractivity contribution in [2.75, 3.05) is 0 Å². The third-order valence-electron chi connectivity index (χ3n) is 12.2. The minimum Gasteiger partial charge on any atom is -0.313 e. The van der Waals surface area contributed by atoms with Gasteiger partial charge >= 0.3 is 0 Å². The van der Waals surface area contributed by atoms with Crippen LogP contribution in [-0.4, -0.2) is 29.1 Å². The summed E-state index contributed by atoms with van der Waals surface area (Å²) in [6, 6.07) is 66.3. The van der Waals surface area contributed by atoms with Gasteiger partial charge in [-0.1, -0.05) is 146 Å². The van der Waals surface area contributed by atoms with E-state index in [9.17, 15) is 0 Å².